The Morgan fingerprint density at radius 2 is 1.88 bits per heavy atom. The molecule has 3 nitrogen and oxygen atoms in total. The fraction of sp³-hybridized carbons (Fsp3) is 0.167. The van der Waals surface area contributed by atoms with E-state index in [0.717, 1.165) is 11.3 Å². The Hall–Kier alpha value is -1.68. The fourth-order valence-electron chi connectivity index (χ4n) is 1.64. The lowest BCUT2D eigenvalue weighted by molar-refractivity contribution is 0.847. The van der Waals surface area contributed by atoms with Crippen LogP contribution in [-0.2, 0) is 0 Å². The van der Waals surface area contributed by atoms with Crippen LogP contribution in [0.1, 0.15) is 24.1 Å². The molecule has 1 aromatic carbocycles. The van der Waals surface area contributed by atoms with Crippen LogP contribution in [0.2, 0.25) is 0 Å². The van der Waals surface area contributed by atoms with Crippen molar-refractivity contribution in [3.05, 3.63) is 62.8 Å². The molecule has 0 amide bonds. The van der Waals surface area contributed by atoms with Crippen LogP contribution >= 0.6 is 12.2 Å². The van der Waals surface area contributed by atoms with Crippen molar-refractivity contribution in [1.82, 2.24) is 9.97 Å². The van der Waals surface area contributed by atoms with Crippen LogP contribution in [0.15, 0.2) is 41.2 Å². The normalized spacial score (nSPS) is 12.3. The molecule has 1 atom stereocenters. The largest absolute Gasteiger partial charge is 0.335 e. The first-order valence-electron chi connectivity index (χ1n) is 5.05. The minimum absolute atomic E-state index is 0.130. The first-order chi connectivity index (χ1) is 7.66. The molecule has 0 aliphatic rings. The summed E-state index contributed by atoms with van der Waals surface area (Å²) in [6.45, 7) is 2.04. The van der Waals surface area contributed by atoms with Gasteiger partial charge in [-0.2, -0.15) is 0 Å². The van der Waals surface area contributed by atoms with Gasteiger partial charge in [0.25, 0.3) is 5.56 Å². The van der Waals surface area contributed by atoms with Crippen molar-refractivity contribution in [1.29, 1.82) is 0 Å². The molecule has 2 aromatic rings. The van der Waals surface area contributed by atoms with Crippen LogP contribution in [-0.4, -0.2) is 9.97 Å². The molecular formula is C12H12N2OS. The van der Waals surface area contributed by atoms with Crippen molar-refractivity contribution >= 4 is 12.2 Å². The monoisotopic (exact) mass is 232 g/mol. The second-order valence-corrected chi connectivity index (χ2v) is 4.08. The van der Waals surface area contributed by atoms with E-state index in [9.17, 15) is 4.79 Å². The van der Waals surface area contributed by atoms with Crippen molar-refractivity contribution in [2.75, 3.05) is 0 Å². The van der Waals surface area contributed by atoms with Gasteiger partial charge in [-0.1, -0.05) is 37.3 Å². The third-order valence-corrected chi connectivity index (χ3v) is 2.75. The van der Waals surface area contributed by atoms with Crippen molar-refractivity contribution in [3.63, 3.8) is 0 Å². The lowest BCUT2D eigenvalue weighted by Gasteiger charge is -2.11. The van der Waals surface area contributed by atoms with E-state index in [4.69, 9.17) is 12.2 Å². The van der Waals surface area contributed by atoms with Gasteiger partial charge in [0, 0.05) is 17.7 Å². The average Bonchev–Trinajstić information content (AvgIpc) is 2.28. The molecule has 0 saturated heterocycles. The second kappa shape index (κ2) is 4.45. The highest BCUT2D eigenvalue weighted by Gasteiger charge is 2.08. The molecule has 4 heteroatoms. The van der Waals surface area contributed by atoms with Gasteiger partial charge in [-0.3, -0.25) is 9.78 Å². The molecule has 0 saturated carbocycles. The van der Waals surface area contributed by atoms with Gasteiger partial charge in [-0.15, -0.1) is 0 Å². The Morgan fingerprint density at radius 3 is 2.50 bits per heavy atom. The van der Waals surface area contributed by atoms with Crippen molar-refractivity contribution in [2.24, 2.45) is 0 Å². The molecule has 1 unspecified atom stereocenters. The van der Waals surface area contributed by atoms with Gasteiger partial charge in [0.1, 0.15) is 0 Å². The highest BCUT2D eigenvalue weighted by Crippen LogP contribution is 2.20. The zero-order chi connectivity index (χ0) is 11.5. The summed E-state index contributed by atoms with van der Waals surface area (Å²) in [6, 6.07) is 11.5. The molecule has 82 valence electrons. The van der Waals surface area contributed by atoms with Gasteiger partial charge in [0.2, 0.25) is 0 Å². The SMILES string of the molecule is CC(c1ccccc1)c1cc(=O)[nH]c(=S)[nH]1. The first kappa shape index (κ1) is 10.8. The summed E-state index contributed by atoms with van der Waals surface area (Å²) >= 11 is 4.95. The summed E-state index contributed by atoms with van der Waals surface area (Å²) in [7, 11) is 0. The number of hydrogen-bond donors (Lipinski definition) is 2. The Morgan fingerprint density at radius 1 is 1.19 bits per heavy atom. The minimum Gasteiger partial charge on any atom is -0.335 e. The quantitative estimate of drug-likeness (QED) is 0.782. The molecule has 1 heterocycles. The van der Waals surface area contributed by atoms with Gasteiger partial charge >= 0.3 is 0 Å². The molecule has 2 N–H and O–H groups in total. The number of aromatic amines is 2. The molecule has 16 heavy (non-hydrogen) atoms. The van der Waals surface area contributed by atoms with Crippen LogP contribution in [0.3, 0.4) is 0 Å². The van der Waals surface area contributed by atoms with Crippen LogP contribution in [0, 0.1) is 4.77 Å². The van der Waals surface area contributed by atoms with Gasteiger partial charge < -0.3 is 4.98 Å². The van der Waals surface area contributed by atoms with Crippen molar-refractivity contribution in [2.45, 2.75) is 12.8 Å². The number of hydrogen-bond acceptors (Lipinski definition) is 2. The summed E-state index contributed by atoms with van der Waals surface area (Å²) < 4.78 is 0.366. The third kappa shape index (κ3) is 2.28. The van der Waals surface area contributed by atoms with E-state index in [0.29, 0.717) is 4.77 Å². The molecule has 0 aliphatic carbocycles. The van der Waals surface area contributed by atoms with Crippen molar-refractivity contribution < 1.29 is 0 Å². The van der Waals surface area contributed by atoms with Gasteiger partial charge in [-0.25, -0.2) is 0 Å². The fourth-order valence-corrected chi connectivity index (χ4v) is 1.86. The summed E-state index contributed by atoms with van der Waals surface area (Å²) in [5.74, 6) is 0.130. The van der Waals surface area contributed by atoms with E-state index < -0.39 is 0 Å². The number of benzene rings is 1. The highest BCUT2D eigenvalue weighted by molar-refractivity contribution is 7.71. The molecule has 1 aromatic heterocycles. The number of aromatic nitrogens is 2. The summed E-state index contributed by atoms with van der Waals surface area (Å²) in [5, 5.41) is 0. The van der Waals surface area contributed by atoms with E-state index in [1.54, 1.807) is 6.07 Å². The Bertz CT molecular complexity index is 557. The number of nitrogens with one attached hydrogen (secondary N) is 2. The van der Waals surface area contributed by atoms with Gasteiger partial charge in [0.15, 0.2) is 4.77 Å². The highest BCUT2D eigenvalue weighted by atomic mass is 32.1. The predicted octanol–water partition coefficient (Wildman–Crippen LogP) is 2.58. The molecule has 0 radical (unpaired) electrons. The minimum atomic E-state index is -0.165. The van der Waals surface area contributed by atoms with Crippen LogP contribution in [0.25, 0.3) is 0 Å². The van der Waals surface area contributed by atoms with Gasteiger partial charge in [-0.05, 0) is 17.8 Å². The average molecular weight is 232 g/mol. The molecule has 0 spiro atoms. The zero-order valence-electron chi connectivity index (χ0n) is 8.86. The maximum absolute atomic E-state index is 11.3. The van der Waals surface area contributed by atoms with Crippen LogP contribution in [0.5, 0.6) is 0 Å². The molecule has 0 bridgehead atoms. The van der Waals surface area contributed by atoms with Gasteiger partial charge in [0.05, 0.1) is 0 Å². The number of rotatable bonds is 2. The van der Waals surface area contributed by atoms with E-state index in [1.807, 2.05) is 37.3 Å². The maximum Gasteiger partial charge on any atom is 0.251 e. The first-order valence-corrected chi connectivity index (χ1v) is 5.46. The summed E-state index contributed by atoms with van der Waals surface area (Å²) in [6.07, 6.45) is 0. The van der Waals surface area contributed by atoms with Crippen LogP contribution < -0.4 is 5.56 Å². The second-order valence-electron chi connectivity index (χ2n) is 3.68. The van der Waals surface area contributed by atoms with E-state index in [1.165, 1.54) is 0 Å². The van der Waals surface area contributed by atoms with Crippen molar-refractivity contribution in [3.8, 4) is 0 Å². The summed E-state index contributed by atoms with van der Waals surface area (Å²) in [4.78, 5) is 16.8. The number of H-pyrrole nitrogens is 2. The zero-order valence-corrected chi connectivity index (χ0v) is 9.67. The molecule has 0 aliphatic heterocycles. The standard InChI is InChI=1S/C12H12N2OS/c1-8(9-5-3-2-4-6-9)10-7-11(15)14-12(16)13-10/h2-8H,1H3,(H2,13,14,15,16). The Kier molecular flexibility index (Phi) is 3.01. The summed E-state index contributed by atoms with van der Waals surface area (Å²) in [5.41, 5.74) is 1.82. The Balaban J connectivity index is 2.45. The molecule has 2 rings (SSSR count). The lowest BCUT2D eigenvalue weighted by Crippen LogP contribution is -2.10. The van der Waals surface area contributed by atoms with E-state index >= 15 is 0 Å². The van der Waals surface area contributed by atoms with Crippen LogP contribution in [0.4, 0.5) is 0 Å². The molecule has 0 fully saturated rings. The Labute approximate surface area is 98.2 Å². The predicted molar refractivity (Wildman–Crippen MR) is 66.2 cm³/mol. The topological polar surface area (TPSA) is 48.6 Å². The van der Waals surface area contributed by atoms with E-state index in [2.05, 4.69) is 9.97 Å². The lowest BCUT2D eigenvalue weighted by atomic mass is 9.98. The third-order valence-electron chi connectivity index (χ3n) is 2.55. The smallest absolute Gasteiger partial charge is 0.251 e. The van der Waals surface area contributed by atoms with E-state index in [-0.39, 0.29) is 11.5 Å². The molecular weight excluding hydrogens is 220 g/mol. The maximum atomic E-state index is 11.3.